The second-order valence-electron chi connectivity index (χ2n) is 14.4. The van der Waals surface area contributed by atoms with Gasteiger partial charge in [-0.25, -0.2) is 13.2 Å². The molecule has 1 aliphatic carbocycles. The fourth-order valence-electron chi connectivity index (χ4n) is 8.95. The van der Waals surface area contributed by atoms with Crippen LogP contribution in [0.4, 0.5) is 19.0 Å². The third kappa shape index (κ3) is 4.90. The molecule has 48 heavy (non-hydrogen) atoms. The minimum atomic E-state index is -0.891. The molecule has 1 spiro atoms. The molecule has 2 aromatic heterocycles. The largest absolute Gasteiger partial charge is 0.461 e. The van der Waals surface area contributed by atoms with Crippen LogP contribution in [-0.2, 0) is 38.0 Å². The number of carbonyl (C=O) groups excluding carboxylic acids is 1. The van der Waals surface area contributed by atoms with Crippen LogP contribution in [0.1, 0.15) is 70.7 Å². The number of benzene rings is 1. The van der Waals surface area contributed by atoms with Crippen LogP contribution in [0, 0.1) is 11.6 Å². The molecule has 3 atom stereocenters. The summed E-state index contributed by atoms with van der Waals surface area (Å²) in [5.41, 5.74) is 2.23. The van der Waals surface area contributed by atoms with E-state index in [0.717, 1.165) is 42.8 Å². The number of aryl methyl sites for hydroxylation is 1. The highest BCUT2D eigenvalue weighted by atomic mass is 35.5. The molecule has 1 aromatic carbocycles. The Bertz CT molecular complexity index is 1800. The van der Waals surface area contributed by atoms with E-state index < -0.39 is 17.5 Å². The van der Waals surface area contributed by atoms with Gasteiger partial charge in [0.15, 0.2) is 5.69 Å². The summed E-state index contributed by atoms with van der Waals surface area (Å²) >= 11 is 6.82. The molecule has 0 unspecified atom stereocenters. The molecule has 8 rings (SSSR count). The maximum atomic E-state index is 15.5. The second-order valence-corrected chi connectivity index (χ2v) is 14.8. The van der Waals surface area contributed by atoms with Gasteiger partial charge in [0.1, 0.15) is 30.2 Å². The average molecular weight is 685 g/mol. The standard InChI is InChI=1S/C34H40ClF3N8O2/c1-42(2)31(47)29-28(35)26-18-44(11-5-13-46(26)41-29)30-22-17-43(3)34(10-8-21-23(37)6-7-24(38)27(21)34)15-25(22)39-32(40-30)48-19-33-9-4-12-45(33)16-20(36)14-33/h6-7,20H,4-5,8-19H2,1-3H3/t20-,33+,34+/m1/s1. The molecule has 4 aliphatic heterocycles. The number of hydrogen-bond donors (Lipinski definition) is 0. The molecule has 2 fully saturated rings. The number of fused-ring (bicyclic) bond motifs is 5. The van der Waals surface area contributed by atoms with Gasteiger partial charge in [-0.2, -0.15) is 15.1 Å². The average Bonchev–Trinajstić information content (AvgIpc) is 3.75. The van der Waals surface area contributed by atoms with Crippen LogP contribution in [0.25, 0.3) is 0 Å². The SMILES string of the molecule is CN(C)C(=O)c1nn2c(c1Cl)CN(c1nc(OC[C@@]34CCCN3C[C@H](F)C4)nc3c1CN(C)[C@@]1(CCc4c(F)ccc(F)c41)C3)CCC2. The van der Waals surface area contributed by atoms with Crippen LogP contribution < -0.4 is 9.64 Å². The normalized spacial score (nSPS) is 26.7. The zero-order chi connectivity index (χ0) is 33.5. The smallest absolute Gasteiger partial charge is 0.318 e. The Balaban J connectivity index is 1.20. The Labute approximate surface area is 282 Å². The molecule has 1 amide bonds. The number of nitrogens with zero attached hydrogens (tertiary/aromatic N) is 8. The first-order chi connectivity index (χ1) is 23.0. The van der Waals surface area contributed by atoms with Gasteiger partial charge >= 0.3 is 6.01 Å². The summed E-state index contributed by atoms with van der Waals surface area (Å²) in [4.78, 5) is 30.7. The summed E-state index contributed by atoms with van der Waals surface area (Å²) in [6.45, 7) is 3.51. The fraction of sp³-hybridized carbons (Fsp3) is 0.588. The summed E-state index contributed by atoms with van der Waals surface area (Å²) in [5.74, 6) is -0.386. The minimum absolute atomic E-state index is 0.192. The molecular formula is C34H40ClF3N8O2. The zero-order valence-corrected chi connectivity index (χ0v) is 28.3. The van der Waals surface area contributed by atoms with Crippen molar-refractivity contribution in [3.05, 3.63) is 62.6 Å². The molecule has 0 radical (unpaired) electrons. The maximum absolute atomic E-state index is 15.5. The van der Waals surface area contributed by atoms with Gasteiger partial charge in [0.2, 0.25) is 0 Å². The number of halogens is 4. The van der Waals surface area contributed by atoms with Gasteiger partial charge in [0.25, 0.3) is 5.91 Å². The highest BCUT2D eigenvalue weighted by Gasteiger charge is 2.51. The third-order valence-corrected chi connectivity index (χ3v) is 11.8. The minimum Gasteiger partial charge on any atom is -0.461 e. The van der Waals surface area contributed by atoms with E-state index in [2.05, 4.69) is 19.8 Å². The van der Waals surface area contributed by atoms with Crippen molar-refractivity contribution in [3.8, 4) is 6.01 Å². The van der Waals surface area contributed by atoms with Crippen molar-refractivity contribution < 1.29 is 22.7 Å². The Morgan fingerprint density at radius 1 is 1.08 bits per heavy atom. The van der Waals surface area contributed by atoms with E-state index in [0.29, 0.717) is 80.4 Å². The first kappa shape index (κ1) is 31.8. The van der Waals surface area contributed by atoms with Crippen LogP contribution in [0.2, 0.25) is 5.02 Å². The van der Waals surface area contributed by atoms with Gasteiger partial charge in [0, 0.05) is 64.2 Å². The quantitative estimate of drug-likeness (QED) is 0.389. The van der Waals surface area contributed by atoms with Gasteiger partial charge in [-0.05, 0) is 63.4 Å². The Hall–Kier alpha value is -3.42. The number of alkyl halides is 1. The van der Waals surface area contributed by atoms with E-state index in [1.165, 1.54) is 17.0 Å². The van der Waals surface area contributed by atoms with Crippen molar-refractivity contribution in [3.63, 3.8) is 0 Å². The molecule has 0 saturated carbocycles. The van der Waals surface area contributed by atoms with Crippen molar-refractivity contribution in [1.29, 1.82) is 0 Å². The highest BCUT2D eigenvalue weighted by Crippen LogP contribution is 2.50. The number of likely N-dealkylation sites (N-methyl/N-ethyl adjacent to an activating group) is 1. The number of amides is 1. The lowest BCUT2D eigenvalue weighted by Crippen LogP contribution is -2.48. The van der Waals surface area contributed by atoms with Crippen molar-refractivity contribution in [2.45, 2.75) is 81.8 Å². The van der Waals surface area contributed by atoms with Gasteiger partial charge in [-0.1, -0.05) is 11.6 Å². The van der Waals surface area contributed by atoms with Crippen molar-refractivity contribution >= 4 is 23.3 Å². The predicted octanol–water partition coefficient (Wildman–Crippen LogP) is 4.50. The molecule has 2 saturated heterocycles. The zero-order valence-electron chi connectivity index (χ0n) is 27.5. The molecular weight excluding hydrogens is 645 g/mol. The van der Waals surface area contributed by atoms with E-state index in [1.807, 2.05) is 7.05 Å². The summed E-state index contributed by atoms with van der Waals surface area (Å²) in [5, 5.41) is 4.89. The molecule has 0 bridgehead atoms. The number of aromatic nitrogens is 4. The van der Waals surface area contributed by atoms with Crippen LogP contribution in [-0.4, -0.2) is 99.5 Å². The van der Waals surface area contributed by atoms with E-state index in [4.69, 9.17) is 26.3 Å². The number of carbonyl (C=O) groups is 1. The highest BCUT2D eigenvalue weighted by molar-refractivity contribution is 6.34. The second kappa shape index (κ2) is 11.6. The molecule has 14 heteroatoms. The van der Waals surface area contributed by atoms with Crippen molar-refractivity contribution in [1.82, 2.24) is 34.4 Å². The maximum Gasteiger partial charge on any atom is 0.318 e. The summed E-state index contributed by atoms with van der Waals surface area (Å²) in [6.07, 6.45) is 3.45. The lowest BCUT2D eigenvalue weighted by atomic mass is 9.80. The van der Waals surface area contributed by atoms with Crippen LogP contribution in [0.15, 0.2) is 12.1 Å². The fourth-order valence-corrected chi connectivity index (χ4v) is 9.22. The number of rotatable bonds is 5. The lowest BCUT2D eigenvalue weighted by molar-refractivity contribution is 0.0821. The summed E-state index contributed by atoms with van der Waals surface area (Å²) < 4.78 is 53.3. The third-order valence-electron chi connectivity index (χ3n) is 11.4. The number of ether oxygens (including phenoxy) is 1. The number of anilines is 1. The van der Waals surface area contributed by atoms with Crippen LogP contribution >= 0.6 is 11.6 Å². The molecule has 0 N–H and O–H groups in total. The molecule has 5 aliphatic rings. The van der Waals surface area contributed by atoms with Crippen LogP contribution in [0.3, 0.4) is 0 Å². The first-order valence-corrected chi connectivity index (χ1v) is 17.2. The lowest BCUT2D eigenvalue weighted by Gasteiger charge is -2.44. The summed E-state index contributed by atoms with van der Waals surface area (Å²) in [6, 6.07) is 2.62. The van der Waals surface area contributed by atoms with Crippen molar-refractivity contribution in [2.75, 3.05) is 52.3 Å². The predicted molar refractivity (Wildman–Crippen MR) is 173 cm³/mol. The van der Waals surface area contributed by atoms with Gasteiger partial charge in [-0.3, -0.25) is 19.3 Å². The first-order valence-electron chi connectivity index (χ1n) is 16.8. The Kier molecular flexibility index (Phi) is 7.68. The topological polar surface area (TPSA) is 82.9 Å². The Morgan fingerprint density at radius 2 is 1.90 bits per heavy atom. The summed E-state index contributed by atoms with van der Waals surface area (Å²) in [7, 11) is 5.28. The van der Waals surface area contributed by atoms with Gasteiger partial charge in [-0.15, -0.1) is 0 Å². The van der Waals surface area contributed by atoms with Crippen molar-refractivity contribution in [2.24, 2.45) is 0 Å². The van der Waals surface area contributed by atoms with E-state index in [1.54, 1.807) is 18.8 Å². The molecule has 6 heterocycles. The van der Waals surface area contributed by atoms with Crippen LogP contribution in [0.5, 0.6) is 6.01 Å². The van der Waals surface area contributed by atoms with Gasteiger partial charge < -0.3 is 14.5 Å². The Morgan fingerprint density at radius 3 is 2.71 bits per heavy atom. The van der Waals surface area contributed by atoms with E-state index in [9.17, 15) is 13.6 Å². The molecule has 3 aromatic rings. The van der Waals surface area contributed by atoms with E-state index in [-0.39, 0.29) is 35.6 Å². The van der Waals surface area contributed by atoms with Gasteiger partial charge in [0.05, 0.1) is 34.0 Å². The molecule has 10 nitrogen and oxygen atoms in total. The molecule has 256 valence electrons. The van der Waals surface area contributed by atoms with E-state index >= 15 is 4.39 Å². The number of hydrogen-bond acceptors (Lipinski definition) is 8. The monoisotopic (exact) mass is 684 g/mol.